The Morgan fingerprint density at radius 2 is 2.07 bits per heavy atom. The Kier molecular flexibility index (Phi) is 5.13. The monoisotopic (exact) mass is 423 g/mol. The van der Waals surface area contributed by atoms with Crippen LogP contribution in [0.1, 0.15) is 24.2 Å². The van der Waals surface area contributed by atoms with Crippen molar-refractivity contribution in [2.45, 2.75) is 30.9 Å². The van der Waals surface area contributed by atoms with Crippen molar-refractivity contribution in [1.29, 1.82) is 0 Å². The van der Waals surface area contributed by atoms with Crippen molar-refractivity contribution < 1.29 is 26.7 Å². The van der Waals surface area contributed by atoms with Crippen LogP contribution in [0.15, 0.2) is 29.4 Å². The van der Waals surface area contributed by atoms with E-state index in [-0.39, 0.29) is 16.4 Å². The molecule has 0 fully saturated rings. The van der Waals surface area contributed by atoms with E-state index < -0.39 is 47.9 Å². The maximum atomic E-state index is 14.5. The highest BCUT2D eigenvalue weighted by molar-refractivity contribution is 6.31. The minimum Gasteiger partial charge on any atom is -0.459 e. The number of aliphatic imine (C=N–C) groups is 1. The lowest BCUT2D eigenvalue weighted by Gasteiger charge is -2.37. The number of nitrogens with two attached hydrogens (primary N) is 1. The molecule has 0 spiro atoms. The first-order valence-electron chi connectivity index (χ1n) is 7.95. The Bertz CT molecular complexity index is 905. The van der Waals surface area contributed by atoms with Gasteiger partial charge in [-0.25, -0.2) is 18.2 Å². The second kappa shape index (κ2) is 7.12. The molecule has 0 saturated carbocycles. The normalized spacial score (nSPS) is 22.5. The molecule has 152 valence electrons. The second-order valence-electron chi connectivity index (χ2n) is 6.28. The zero-order valence-corrected chi connectivity index (χ0v) is 15.1. The van der Waals surface area contributed by atoms with E-state index in [1.165, 1.54) is 6.20 Å². The summed E-state index contributed by atoms with van der Waals surface area (Å²) in [4.78, 5) is 3.59. The summed E-state index contributed by atoms with van der Waals surface area (Å²) >= 11 is 5.83. The molecule has 1 aromatic heterocycles. The fraction of sp³-hybridized carbons (Fsp3) is 0.375. The molecule has 12 heteroatoms. The molecule has 28 heavy (non-hydrogen) atoms. The molecule has 0 radical (unpaired) electrons. The third-order valence-electron chi connectivity index (χ3n) is 4.43. The zero-order valence-electron chi connectivity index (χ0n) is 14.3. The molecule has 0 aliphatic carbocycles. The highest BCUT2D eigenvalue weighted by atomic mass is 35.5. The SMILES string of the molecule is CC1(c2cc(NC(c3n[nH]cc3Cl)C(F)F)ccc2F)N=C(N)OCC1(F)F. The number of halogens is 6. The van der Waals surface area contributed by atoms with Crippen LogP contribution < -0.4 is 11.1 Å². The number of aromatic nitrogens is 2. The van der Waals surface area contributed by atoms with Gasteiger partial charge in [-0.2, -0.15) is 13.9 Å². The van der Waals surface area contributed by atoms with Crippen LogP contribution in [0.4, 0.5) is 27.6 Å². The Labute approximate surface area is 160 Å². The Morgan fingerprint density at radius 1 is 1.36 bits per heavy atom. The molecule has 2 heterocycles. The predicted molar refractivity (Wildman–Crippen MR) is 92.2 cm³/mol. The van der Waals surface area contributed by atoms with Crippen LogP contribution in [0.5, 0.6) is 0 Å². The topological polar surface area (TPSA) is 88.3 Å². The number of aromatic amines is 1. The van der Waals surface area contributed by atoms with Gasteiger partial charge in [0.15, 0.2) is 12.1 Å². The molecule has 0 amide bonds. The van der Waals surface area contributed by atoms with Gasteiger partial charge in [-0.05, 0) is 25.1 Å². The van der Waals surface area contributed by atoms with Crippen LogP contribution >= 0.6 is 11.6 Å². The summed E-state index contributed by atoms with van der Waals surface area (Å²) in [5.74, 6) is -4.60. The smallest absolute Gasteiger partial charge is 0.310 e. The number of alkyl halides is 4. The molecule has 0 saturated heterocycles. The quantitative estimate of drug-likeness (QED) is 0.638. The molecule has 2 atom stereocenters. The van der Waals surface area contributed by atoms with Crippen molar-refractivity contribution in [3.05, 3.63) is 46.5 Å². The van der Waals surface area contributed by atoms with Gasteiger partial charge < -0.3 is 15.8 Å². The van der Waals surface area contributed by atoms with Gasteiger partial charge in [-0.3, -0.25) is 5.10 Å². The lowest BCUT2D eigenvalue weighted by atomic mass is 9.85. The van der Waals surface area contributed by atoms with E-state index in [0.717, 1.165) is 25.1 Å². The fourth-order valence-corrected chi connectivity index (χ4v) is 3.03. The lowest BCUT2D eigenvalue weighted by Crippen LogP contribution is -2.51. The van der Waals surface area contributed by atoms with Crippen LogP contribution in [0.25, 0.3) is 0 Å². The molecule has 1 aliphatic rings. The number of hydrogen-bond acceptors (Lipinski definition) is 5. The minimum atomic E-state index is -3.59. The number of amidine groups is 1. The number of ether oxygens (including phenoxy) is 1. The molecule has 2 aromatic rings. The summed E-state index contributed by atoms with van der Waals surface area (Å²) in [5, 5.41) is 8.42. The van der Waals surface area contributed by atoms with Gasteiger partial charge >= 0.3 is 5.92 Å². The van der Waals surface area contributed by atoms with Crippen LogP contribution in [0.2, 0.25) is 5.02 Å². The van der Waals surface area contributed by atoms with E-state index in [1.807, 2.05) is 0 Å². The molecule has 3 rings (SSSR count). The van der Waals surface area contributed by atoms with E-state index in [0.29, 0.717) is 0 Å². The summed E-state index contributed by atoms with van der Waals surface area (Å²) in [6, 6.07) is 0.785. The van der Waals surface area contributed by atoms with Gasteiger partial charge in [0, 0.05) is 17.4 Å². The number of rotatable bonds is 5. The number of nitrogens with one attached hydrogen (secondary N) is 2. The average molecular weight is 424 g/mol. The highest BCUT2D eigenvalue weighted by Crippen LogP contribution is 2.45. The van der Waals surface area contributed by atoms with Gasteiger partial charge in [-0.15, -0.1) is 0 Å². The second-order valence-corrected chi connectivity index (χ2v) is 6.69. The largest absolute Gasteiger partial charge is 0.459 e. The van der Waals surface area contributed by atoms with Gasteiger partial charge in [0.05, 0.1) is 5.02 Å². The first-order valence-corrected chi connectivity index (χ1v) is 8.33. The van der Waals surface area contributed by atoms with E-state index in [2.05, 4.69) is 25.2 Å². The van der Waals surface area contributed by atoms with E-state index >= 15 is 0 Å². The Morgan fingerprint density at radius 3 is 2.68 bits per heavy atom. The van der Waals surface area contributed by atoms with Crippen LogP contribution in [0, 0.1) is 5.82 Å². The maximum absolute atomic E-state index is 14.5. The van der Waals surface area contributed by atoms with Crippen LogP contribution in [-0.2, 0) is 10.3 Å². The van der Waals surface area contributed by atoms with Crippen molar-refractivity contribution in [3.63, 3.8) is 0 Å². The predicted octanol–water partition coefficient (Wildman–Crippen LogP) is 3.82. The zero-order chi connectivity index (χ0) is 20.7. The number of hydrogen-bond donors (Lipinski definition) is 3. The lowest BCUT2D eigenvalue weighted by molar-refractivity contribution is -0.117. The summed E-state index contributed by atoms with van der Waals surface area (Å²) in [7, 11) is 0. The molecule has 0 bridgehead atoms. The number of H-pyrrole nitrogens is 1. The van der Waals surface area contributed by atoms with Crippen molar-refractivity contribution in [2.75, 3.05) is 11.9 Å². The third kappa shape index (κ3) is 3.46. The molecule has 2 unspecified atom stereocenters. The first kappa shape index (κ1) is 20.2. The minimum absolute atomic E-state index is 0.0413. The van der Waals surface area contributed by atoms with Crippen molar-refractivity contribution in [1.82, 2.24) is 10.2 Å². The number of benzene rings is 1. The molecular formula is C16H15ClF5N5O. The number of nitrogens with zero attached hydrogens (tertiary/aromatic N) is 2. The Balaban J connectivity index is 2.02. The molecule has 1 aromatic carbocycles. The van der Waals surface area contributed by atoms with E-state index in [1.54, 1.807) is 0 Å². The van der Waals surface area contributed by atoms with Gasteiger partial charge in [-0.1, -0.05) is 11.6 Å². The summed E-state index contributed by atoms with van der Waals surface area (Å²) in [6.45, 7) is -0.113. The average Bonchev–Trinajstić information content (AvgIpc) is 3.03. The first-order chi connectivity index (χ1) is 13.0. The maximum Gasteiger partial charge on any atom is 0.310 e. The number of anilines is 1. The van der Waals surface area contributed by atoms with Gasteiger partial charge in [0.25, 0.3) is 12.4 Å². The van der Waals surface area contributed by atoms with Crippen LogP contribution in [0.3, 0.4) is 0 Å². The van der Waals surface area contributed by atoms with E-state index in [4.69, 9.17) is 17.3 Å². The van der Waals surface area contributed by atoms with Crippen molar-refractivity contribution >= 4 is 23.3 Å². The highest BCUT2D eigenvalue weighted by Gasteiger charge is 2.56. The van der Waals surface area contributed by atoms with E-state index in [9.17, 15) is 22.0 Å². The molecule has 4 N–H and O–H groups in total. The fourth-order valence-electron chi connectivity index (χ4n) is 2.82. The summed E-state index contributed by atoms with van der Waals surface area (Å²) in [6.07, 6.45) is -1.73. The summed E-state index contributed by atoms with van der Waals surface area (Å²) < 4.78 is 74.9. The van der Waals surface area contributed by atoms with Gasteiger partial charge in [0.1, 0.15) is 17.6 Å². The van der Waals surface area contributed by atoms with Crippen molar-refractivity contribution in [3.8, 4) is 0 Å². The van der Waals surface area contributed by atoms with Gasteiger partial charge in [0.2, 0.25) is 0 Å². The summed E-state index contributed by atoms with van der Waals surface area (Å²) in [5.41, 5.74) is 2.24. The molecular weight excluding hydrogens is 409 g/mol. The molecule has 1 aliphatic heterocycles. The standard InChI is InChI=1S/C16H15ClF5N5O/c1-15(16(21,22)6-28-14(23)26-15)8-4-7(2-3-10(8)18)25-12(13(19)20)11-9(17)5-24-27-11/h2-5,12-13,25H,6H2,1H3,(H2,23,26)(H,24,27). The Hall–Kier alpha value is -2.56. The van der Waals surface area contributed by atoms with Crippen LogP contribution in [-0.4, -0.2) is 35.2 Å². The third-order valence-corrected chi connectivity index (χ3v) is 4.73. The van der Waals surface area contributed by atoms with Crippen molar-refractivity contribution in [2.24, 2.45) is 10.7 Å². The molecule has 6 nitrogen and oxygen atoms in total.